The fourth-order valence-corrected chi connectivity index (χ4v) is 2.96. The maximum atomic E-state index is 12.3. The van der Waals surface area contributed by atoms with Crippen molar-refractivity contribution >= 4 is 16.7 Å². The number of fused-ring (bicyclic) bond motifs is 1. The molecule has 25 heavy (non-hydrogen) atoms. The smallest absolute Gasteiger partial charge is 0.264 e. The van der Waals surface area contributed by atoms with Gasteiger partial charge in [0.05, 0.1) is 5.69 Å². The lowest BCUT2D eigenvalue weighted by atomic mass is 10.1. The number of hydrogen-bond donors (Lipinski definition) is 3. The van der Waals surface area contributed by atoms with Crippen molar-refractivity contribution in [2.75, 3.05) is 11.9 Å². The monoisotopic (exact) mass is 340 g/mol. The van der Waals surface area contributed by atoms with Gasteiger partial charge >= 0.3 is 0 Å². The quantitative estimate of drug-likeness (QED) is 0.545. The second-order valence-corrected chi connectivity index (χ2v) is 6.18. The van der Waals surface area contributed by atoms with Crippen molar-refractivity contribution < 1.29 is 5.11 Å². The standard InChI is InChI=1S/C19H24N4O2/c1-2-3-4-5-9-12-20-18-17-15(13-16(24)21-19(17)25)22-23(18)14-10-7-6-8-11-14/h6-8,10-11,13,20,24H,2-5,9,12H2,1H3,(H,21,25). The maximum absolute atomic E-state index is 12.3. The molecule has 0 aliphatic heterocycles. The number of nitrogens with zero attached hydrogens (tertiary/aromatic N) is 2. The SMILES string of the molecule is CCCCCCCNc1c2c(=O)[nH]c(O)cc2nn1-c1ccccc1. The summed E-state index contributed by atoms with van der Waals surface area (Å²) in [4.78, 5) is 14.8. The van der Waals surface area contributed by atoms with Gasteiger partial charge in [0.25, 0.3) is 5.56 Å². The summed E-state index contributed by atoms with van der Waals surface area (Å²) in [7, 11) is 0. The number of para-hydroxylation sites is 1. The van der Waals surface area contributed by atoms with Crippen molar-refractivity contribution in [3.8, 4) is 11.6 Å². The molecular formula is C19H24N4O2. The van der Waals surface area contributed by atoms with Crippen molar-refractivity contribution in [3.05, 3.63) is 46.8 Å². The molecule has 0 spiro atoms. The van der Waals surface area contributed by atoms with E-state index in [1.807, 2.05) is 30.3 Å². The molecule has 3 aromatic rings. The Hall–Kier alpha value is -2.76. The van der Waals surface area contributed by atoms with Crippen LogP contribution in [0.4, 0.5) is 5.82 Å². The topological polar surface area (TPSA) is 82.9 Å². The van der Waals surface area contributed by atoms with Crippen molar-refractivity contribution in [1.29, 1.82) is 0 Å². The molecule has 2 aromatic heterocycles. The summed E-state index contributed by atoms with van der Waals surface area (Å²) in [6.07, 6.45) is 5.90. The summed E-state index contributed by atoms with van der Waals surface area (Å²) in [5.74, 6) is 0.485. The number of rotatable bonds is 8. The first-order valence-corrected chi connectivity index (χ1v) is 8.85. The molecule has 0 aliphatic carbocycles. The van der Waals surface area contributed by atoms with Gasteiger partial charge in [-0.3, -0.25) is 9.78 Å². The molecule has 0 amide bonds. The largest absolute Gasteiger partial charge is 0.494 e. The molecular weight excluding hydrogens is 316 g/mol. The predicted molar refractivity (Wildman–Crippen MR) is 101 cm³/mol. The van der Waals surface area contributed by atoms with Crippen LogP contribution in [0, 0.1) is 0 Å². The zero-order valence-corrected chi connectivity index (χ0v) is 14.5. The highest BCUT2D eigenvalue weighted by atomic mass is 16.3. The average molecular weight is 340 g/mol. The van der Waals surface area contributed by atoms with Gasteiger partial charge in [-0.15, -0.1) is 0 Å². The van der Waals surface area contributed by atoms with Gasteiger partial charge in [0.1, 0.15) is 16.7 Å². The van der Waals surface area contributed by atoms with Gasteiger partial charge in [0.15, 0.2) is 5.88 Å². The number of anilines is 1. The van der Waals surface area contributed by atoms with Crippen molar-refractivity contribution in [1.82, 2.24) is 14.8 Å². The maximum Gasteiger partial charge on any atom is 0.264 e. The number of aromatic nitrogens is 3. The van der Waals surface area contributed by atoms with Gasteiger partial charge < -0.3 is 10.4 Å². The number of unbranched alkanes of at least 4 members (excludes halogenated alkanes) is 4. The fourth-order valence-electron chi connectivity index (χ4n) is 2.96. The molecule has 3 rings (SSSR count). The minimum Gasteiger partial charge on any atom is -0.494 e. The number of hydrogen-bond acceptors (Lipinski definition) is 4. The van der Waals surface area contributed by atoms with Crippen LogP contribution >= 0.6 is 0 Å². The van der Waals surface area contributed by atoms with Crippen LogP contribution in [0.5, 0.6) is 5.88 Å². The Labute approximate surface area is 146 Å². The van der Waals surface area contributed by atoms with E-state index in [0.717, 1.165) is 25.1 Å². The van der Waals surface area contributed by atoms with E-state index < -0.39 is 0 Å². The molecule has 1 aromatic carbocycles. The van der Waals surface area contributed by atoms with Crippen LogP contribution in [-0.2, 0) is 0 Å². The van der Waals surface area contributed by atoms with E-state index >= 15 is 0 Å². The molecule has 0 aliphatic rings. The molecule has 0 unspecified atom stereocenters. The lowest BCUT2D eigenvalue weighted by Crippen LogP contribution is -2.11. The first-order chi connectivity index (χ1) is 12.2. The molecule has 0 saturated heterocycles. The van der Waals surface area contributed by atoms with E-state index in [9.17, 15) is 9.90 Å². The fraction of sp³-hybridized carbons (Fsp3) is 0.368. The molecule has 0 radical (unpaired) electrons. The van der Waals surface area contributed by atoms with E-state index in [-0.39, 0.29) is 11.4 Å². The average Bonchev–Trinajstić information content (AvgIpc) is 2.97. The Morgan fingerprint density at radius 2 is 1.92 bits per heavy atom. The summed E-state index contributed by atoms with van der Waals surface area (Å²) in [5, 5.41) is 18.0. The highest BCUT2D eigenvalue weighted by Gasteiger charge is 2.16. The van der Waals surface area contributed by atoms with E-state index in [1.54, 1.807) is 4.68 Å². The van der Waals surface area contributed by atoms with Gasteiger partial charge in [-0.25, -0.2) is 4.68 Å². The molecule has 0 fully saturated rings. The molecule has 6 heteroatoms. The Morgan fingerprint density at radius 1 is 1.16 bits per heavy atom. The zero-order chi connectivity index (χ0) is 17.6. The molecule has 0 atom stereocenters. The molecule has 3 N–H and O–H groups in total. The third-order valence-corrected chi connectivity index (χ3v) is 4.23. The van der Waals surface area contributed by atoms with Crippen LogP contribution in [-0.4, -0.2) is 26.4 Å². The summed E-state index contributed by atoms with van der Waals surface area (Å²) in [5.41, 5.74) is 0.996. The summed E-state index contributed by atoms with van der Waals surface area (Å²) >= 11 is 0. The second-order valence-electron chi connectivity index (χ2n) is 6.18. The van der Waals surface area contributed by atoms with Gasteiger partial charge in [0.2, 0.25) is 0 Å². The van der Waals surface area contributed by atoms with Crippen LogP contribution in [0.1, 0.15) is 39.0 Å². The number of aromatic hydroxyl groups is 1. The van der Waals surface area contributed by atoms with Crippen molar-refractivity contribution in [2.45, 2.75) is 39.0 Å². The lowest BCUT2D eigenvalue weighted by Gasteiger charge is -2.10. The molecule has 132 valence electrons. The third-order valence-electron chi connectivity index (χ3n) is 4.23. The van der Waals surface area contributed by atoms with E-state index in [4.69, 9.17) is 0 Å². The number of pyridine rings is 1. The summed E-state index contributed by atoms with van der Waals surface area (Å²) in [6.45, 7) is 2.97. The number of benzene rings is 1. The molecule has 2 heterocycles. The van der Waals surface area contributed by atoms with Crippen LogP contribution in [0.25, 0.3) is 16.6 Å². The first kappa shape index (κ1) is 17.1. The highest BCUT2D eigenvalue weighted by Crippen LogP contribution is 2.25. The van der Waals surface area contributed by atoms with Gasteiger partial charge in [-0.2, -0.15) is 5.10 Å². The second kappa shape index (κ2) is 7.88. The Kier molecular flexibility index (Phi) is 5.38. The predicted octanol–water partition coefficient (Wildman–Crippen LogP) is 3.80. The van der Waals surface area contributed by atoms with Crippen LogP contribution in [0.3, 0.4) is 0 Å². The normalized spacial score (nSPS) is 11.1. The van der Waals surface area contributed by atoms with E-state index in [2.05, 4.69) is 22.3 Å². The third kappa shape index (κ3) is 3.84. The van der Waals surface area contributed by atoms with Crippen LogP contribution in [0.15, 0.2) is 41.2 Å². The van der Waals surface area contributed by atoms with Crippen LogP contribution < -0.4 is 10.9 Å². The van der Waals surface area contributed by atoms with Gasteiger partial charge in [-0.05, 0) is 18.6 Å². The molecule has 0 saturated carbocycles. The van der Waals surface area contributed by atoms with Gasteiger partial charge in [0, 0.05) is 12.6 Å². The summed E-state index contributed by atoms with van der Waals surface area (Å²) in [6, 6.07) is 11.1. The summed E-state index contributed by atoms with van der Waals surface area (Å²) < 4.78 is 1.73. The lowest BCUT2D eigenvalue weighted by molar-refractivity contribution is 0.453. The highest BCUT2D eigenvalue weighted by molar-refractivity contribution is 5.90. The first-order valence-electron chi connectivity index (χ1n) is 8.85. The molecule has 0 bridgehead atoms. The van der Waals surface area contributed by atoms with Crippen molar-refractivity contribution in [2.24, 2.45) is 0 Å². The van der Waals surface area contributed by atoms with Crippen molar-refractivity contribution in [3.63, 3.8) is 0 Å². The Balaban J connectivity index is 1.92. The van der Waals surface area contributed by atoms with E-state index in [0.29, 0.717) is 16.7 Å². The Morgan fingerprint density at radius 3 is 2.68 bits per heavy atom. The number of H-pyrrole nitrogens is 1. The minimum absolute atomic E-state index is 0.179. The Bertz CT molecular complexity index is 884. The molecule has 6 nitrogen and oxygen atoms in total. The van der Waals surface area contributed by atoms with Crippen LogP contribution in [0.2, 0.25) is 0 Å². The van der Waals surface area contributed by atoms with E-state index in [1.165, 1.54) is 25.3 Å². The number of aromatic amines is 1. The minimum atomic E-state index is -0.342. The number of nitrogens with one attached hydrogen (secondary N) is 2. The van der Waals surface area contributed by atoms with Gasteiger partial charge in [-0.1, -0.05) is 50.8 Å². The zero-order valence-electron chi connectivity index (χ0n) is 14.5.